The van der Waals surface area contributed by atoms with Crippen molar-refractivity contribution < 1.29 is 27.9 Å². The molecule has 1 saturated heterocycles. The summed E-state index contributed by atoms with van der Waals surface area (Å²) in [6, 6.07) is 11.1. The standard InChI is InChI=1S/C30H34F2N6O4/c1-2-3-12-38(30(41)36-26-15-23(29(34)40)24(31)16-25(26)32)21-10-13-37(14-11-21)18-19-4-9-27(35-17-19)42-22-7-5-20(6-8-22)28(33)39/h4-9,15-17,21H,2-3,10-14,18H2,1H3,(H2,33,39)(H2,34,40)(H,36,41). The topological polar surface area (TPSA) is 144 Å². The van der Waals surface area contributed by atoms with Crippen molar-refractivity contribution in [1.82, 2.24) is 14.8 Å². The number of nitrogens with zero attached hydrogens (tertiary/aromatic N) is 3. The van der Waals surface area contributed by atoms with Crippen molar-refractivity contribution in [1.29, 1.82) is 0 Å². The molecule has 10 nitrogen and oxygen atoms in total. The Balaban J connectivity index is 1.33. The molecule has 1 aromatic heterocycles. The number of hydrogen-bond acceptors (Lipinski definition) is 6. The lowest BCUT2D eigenvalue weighted by Gasteiger charge is -2.38. The second kappa shape index (κ2) is 13.9. The Morgan fingerprint density at radius 1 is 1.02 bits per heavy atom. The van der Waals surface area contributed by atoms with Gasteiger partial charge in [-0.05, 0) is 55.2 Å². The number of aromatic nitrogens is 1. The Hall–Kier alpha value is -4.58. The van der Waals surface area contributed by atoms with Crippen LogP contribution in [0.3, 0.4) is 0 Å². The molecule has 222 valence electrons. The summed E-state index contributed by atoms with van der Waals surface area (Å²) >= 11 is 0. The third-order valence-electron chi connectivity index (χ3n) is 7.14. The molecule has 12 heteroatoms. The van der Waals surface area contributed by atoms with Crippen LogP contribution < -0.4 is 21.5 Å². The minimum atomic E-state index is -1.08. The largest absolute Gasteiger partial charge is 0.439 e. The minimum absolute atomic E-state index is 0.0678. The number of nitrogens with one attached hydrogen (secondary N) is 1. The maximum atomic E-state index is 14.4. The molecule has 2 heterocycles. The average Bonchev–Trinajstić information content (AvgIpc) is 2.96. The number of rotatable bonds is 11. The highest BCUT2D eigenvalue weighted by molar-refractivity contribution is 5.96. The van der Waals surface area contributed by atoms with Crippen LogP contribution in [0, 0.1) is 11.6 Å². The summed E-state index contributed by atoms with van der Waals surface area (Å²) in [7, 11) is 0. The number of nitrogens with two attached hydrogens (primary N) is 2. The number of benzene rings is 2. The summed E-state index contributed by atoms with van der Waals surface area (Å²) in [6.45, 7) is 4.64. The Morgan fingerprint density at radius 3 is 2.33 bits per heavy atom. The molecule has 0 atom stereocenters. The van der Waals surface area contributed by atoms with Crippen molar-refractivity contribution in [3.05, 3.63) is 83.1 Å². The Labute approximate surface area is 242 Å². The highest BCUT2D eigenvalue weighted by atomic mass is 19.1. The molecule has 5 N–H and O–H groups in total. The van der Waals surface area contributed by atoms with E-state index in [9.17, 15) is 23.2 Å². The Bertz CT molecular complexity index is 1410. The lowest BCUT2D eigenvalue weighted by Crippen LogP contribution is -2.49. The second-order valence-electron chi connectivity index (χ2n) is 10.2. The summed E-state index contributed by atoms with van der Waals surface area (Å²) in [6.07, 6.45) is 4.81. The summed E-state index contributed by atoms with van der Waals surface area (Å²) in [5, 5.41) is 2.50. The molecule has 1 aliphatic rings. The van der Waals surface area contributed by atoms with Gasteiger partial charge in [-0.25, -0.2) is 18.6 Å². The normalized spacial score (nSPS) is 13.9. The van der Waals surface area contributed by atoms with Gasteiger partial charge >= 0.3 is 6.03 Å². The number of carbonyl (C=O) groups excluding carboxylic acids is 3. The molecule has 0 bridgehead atoms. The van der Waals surface area contributed by atoms with Crippen molar-refractivity contribution >= 4 is 23.5 Å². The SMILES string of the molecule is CCCCN(C(=O)Nc1cc(C(N)=O)c(F)cc1F)C1CCN(Cc2ccc(Oc3ccc(C(N)=O)cc3)nc2)CC1. The maximum Gasteiger partial charge on any atom is 0.322 e. The van der Waals surface area contributed by atoms with E-state index in [1.807, 2.05) is 13.0 Å². The molecule has 1 aliphatic heterocycles. The van der Waals surface area contributed by atoms with Crippen molar-refractivity contribution in [2.24, 2.45) is 11.5 Å². The van der Waals surface area contributed by atoms with Crippen LogP contribution in [-0.2, 0) is 6.54 Å². The molecular weight excluding hydrogens is 546 g/mol. The molecule has 0 radical (unpaired) electrons. The summed E-state index contributed by atoms with van der Waals surface area (Å²) in [5.74, 6) is -2.67. The number of anilines is 1. The zero-order valence-corrected chi connectivity index (χ0v) is 23.3. The fourth-order valence-corrected chi connectivity index (χ4v) is 4.82. The highest BCUT2D eigenvalue weighted by Gasteiger charge is 2.28. The minimum Gasteiger partial charge on any atom is -0.439 e. The number of piperidine rings is 1. The quantitative estimate of drug-likeness (QED) is 0.301. The van der Waals surface area contributed by atoms with Gasteiger partial charge in [0.05, 0.1) is 11.3 Å². The first-order valence-electron chi connectivity index (χ1n) is 13.8. The van der Waals surface area contributed by atoms with Crippen LogP contribution >= 0.6 is 0 Å². The van der Waals surface area contributed by atoms with E-state index in [0.29, 0.717) is 49.2 Å². The maximum absolute atomic E-state index is 14.4. The molecule has 0 unspecified atom stereocenters. The fourth-order valence-electron chi connectivity index (χ4n) is 4.82. The molecule has 4 amide bonds. The monoisotopic (exact) mass is 580 g/mol. The third-order valence-corrected chi connectivity index (χ3v) is 7.14. The number of carbonyl (C=O) groups is 3. The van der Waals surface area contributed by atoms with Crippen LogP contribution in [0.2, 0.25) is 0 Å². The summed E-state index contributed by atoms with van der Waals surface area (Å²) in [5.41, 5.74) is 11.0. The lowest BCUT2D eigenvalue weighted by atomic mass is 10.0. The Morgan fingerprint density at radius 2 is 1.74 bits per heavy atom. The number of urea groups is 1. The molecule has 3 aromatic rings. The number of pyridine rings is 1. The van der Waals surface area contributed by atoms with Crippen LogP contribution in [-0.4, -0.2) is 58.3 Å². The van der Waals surface area contributed by atoms with Gasteiger partial charge in [-0.1, -0.05) is 19.4 Å². The molecule has 4 rings (SSSR count). The molecular formula is C30H34F2N6O4. The number of primary amides is 2. The predicted molar refractivity (Wildman–Crippen MR) is 153 cm³/mol. The van der Waals surface area contributed by atoms with Gasteiger partial charge in [0, 0.05) is 56.1 Å². The van der Waals surface area contributed by atoms with Gasteiger partial charge in [0.2, 0.25) is 11.8 Å². The van der Waals surface area contributed by atoms with Crippen LogP contribution in [0.15, 0.2) is 54.7 Å². The number of halogens is 2. The van der Waals surface area contributed by atoms with Crippen LogP contribution in [0.1, 0.15) is 58.9 Å². The number of unbranched alkanes of at least 4 members (excludes halogenated alkanes) is 1. The molecule has 1 fully saturated rings. The first-order valence-corrected chi connectivity index (χ1v) is 13.8. The summed E-state index contributed by atoms with van der Waals surface area (Å²) in [4.78, 5) is 44.2. The predicted octanol–water partition coefficient (Wildman–Crippen LogP) is 4.65. The van der Waals surface area contributed by atoms with Gasteiger partial charge in [0.25, 0.3) is 5.91 Å². The number of ether oxygens (including phenoxy) is 1. The molecule has 0 aliphatic carbocycles. The van der Waals surface area contributed by atoms with E-state index in [1.165, 1.54) is 0 Å². The van der Waals surface area contributed by atoms with Gasteiger partial charge < -0.3 is 26.4 Å². The molecule has 0 saturated carbocycles. The molecule has 0 spiro atoms. The van der Waals surface area contributed by atoms with Gasteiger partial charge in [-0.3, -0.25) is 14.5 Å². The number of hydrogen-bond donors (Lipinski definition) is 3. The van der Waals surface area contributed by atoms with Crippen LogP contribution in [0.5, 0.6) is 11.6 Å². The smallest absolute Gasteiger partial charge is 0.322 e. The second-order valence-corrected chi connectivity index (χ2v) is 10.2. The van der Waals surface area contributed by atoms with E-state index in [1.54, 1.807) is 41.4 Å². The van der Waals surface area contributed by atoms with Gasteiger partial charge in [0.15, 0.2) is 0 Å². The fraction of sp³-hybridized carbons (Fsp3) is 0.333. The van der Waals surface area contributed by atoms with E-state index in [0.717, 1.165) is 37.6 Å². The van der Waals surface area contributed by atoms with Crippen molar-refractivity contribution in [3.8, 4) is 11.6 Å². The summed E-state index contributed by atoms with van der Waals surface area (Å²) < 4.78 is 34.0. The van der Waals surface area contributed by atoms with Crippen molar-refractivity contribution in [2.45, 2.75) is 45.2 Å². The van der Waals surface area contributed by atoms with E-state index in [2.05, 4.69) is 15.2 Å². The number of likely N-dealkylation sites (tertiary alicyclic amines) is 1. The Kier molecular flexibility index (Phi) is 10.0. The van der Waals surface area contributed by atoms with Gasteiger partial charge in [0.1, 0.15) is 17.4 Å². The highest BCUT2D eigenvalue weighted by Crippen LogP contribution is 2.24. The van der Waals surface area contributed by atoms with E-state index < -0.39 is 35.0 Å². The van der Waals surface area contributed by atoms with Crippen molar-refractivity contribution in [3.63, 3.8) is 0 Å². The van der Waals surface area contributed by atoms with Gasteiger partial charge in [-0.2, -0.15) is 0 Å². The average molecular weight is 581 g/mol. The third kappa shape index (κ3) is 7.78. The first-order chi connectivity index (χ1) is 20.1. The zero-order chi connectivity index (χ0) is 30.2. The number of amides is 4. The zero-order valence-electron chi connectivity index (χ0n) is 23.3. The van der Waals surface area contributed by atoms with Gasteiger partial charge in [-0.15, -0.1) is 0 Å². The van der Waals surface area contributed by atoms with E-state index in [4.69, 9.17) is 16.2 Å². The van der Waals surface area contributed by atoms with E-state index >= 15 is 0 Å². The lowest BCUT2D eigenvalue weighted by molar-refractivity contribution is 0.0989. The van der Waals surface area contributed by atoms with Crippen LogP contribution in [0.4, 0.5) is 19.3 Å². The van der Waals surface area contributed by atoms with Crippen molar-refractivity contribution in [2.75, 3.05) is 25.0 Å². The van der Waals surface area contributed by atoms with Crippen LogP contribution in [0.25, 0.3) is 0 Å². The first kappa shape index (κ1) is 30.4. The molecule has 2 aromatic carbocycles. The molecule has 42 heavy (non-hydrogen) atoms. The van der Waals surface area contributed by atoms with E-state index in [-0.39, 0.29) is 11.7 Å².